The van der Waals surface area contributed by atoms with Gasteiger partial charge in [-0.05, 0) is 42.9 Å². The lowest BCUT2D eigenvalue weighted by Gasteiger charge is -2.17. The summed E-state index contributed by atoms with van der Waals surface area (Å²) in [4.78, 5) is 0. The summed E-state index contributed by atoms with van der Waals surface area (Å²) in [5.74, 6) is 0. The lowest BCUT2D eigenvalue weighted by atomic mass is 9.91. The molecule has 0 aliphatic rings. The predicted molar refractivity (Wildman–Crippen MR) is 84.0 cm³/mol. The van der Waals surface area contributed by atoms with E-state index in [9.17, 15) is 5.11 Å². The molecule has 1 aromatic rings. The van der Waals surface area contributed by atoms with Crippen LogP contribution in [0.1, 0.15) is 51.5 Å². The maximum atomic E-state index is 10.1. The monoisotopic (exact) mass is 258 g/mol. The van der Waals surface area contributed by atoms with Crippen molar-refractivity contribution in [2.75, 3.05) is 0 Å². The molecule has 0 saturated heterocycles. The van der Waals surface area contributed by atoms with Crippen LogP contribution in [0.5, 0.6) is 0 Å². The van der Waals surface area contributed by atoms with Crippen LogP contribution in [-0.2, 0) is 0 Å². The van der Waals surface area contributed by atoms with Crippen molar-refractivity contribution in [3.05, 3.63) is 54.1 Å². The van der Waals surface area contributed by atoms with Crippen molar-refractivity contribution in [3.63, 3.8) is 0 Å². The first-order valence-electron chi connectivity index (χ1n) is 7.27. The average molecular weight is 258 g/mol. The molecule has 0 amide bonds. The van der Waals surface area contributed by atoms with Crippen LogP contribution in [0, 0.1) is 0 Å². The summed E-state index contributed by atoms with van der Waals surface area (Å²) in [6.07, 6.45) is 6.89. The fraction of sp³-hybridized carbons (Fsp3) is 0.444. The molecular weight excluding hydrogens is 232 g/mol. The van der Waals surface area contributed by atoms with Gasteiger partial charge < -0.3 is 5.11 Å². The third kappa shape index (κ3) is 5.04. The van der Waals surface area contributed by atoms with Crippen LogP contribution in [-0.4, -0.2) is 11.2 Å². The molecule has 1 heteroatoms. The average Bonchev–Trinajstić information content (AvgIpc) is 2.42. The highest BCUT2D eigenvalue weighted by molar-refractivity contribution is 5.70. The first-order chi connectivity index (χ1) is 9.20. The van der Waals surface area contributed by atoms with Crippen molar-refractivity contribution in [1.82, 2.24) is 0 Å². The second-order valence-electron chi connectivity index (χ2n) is 5.00. The summed E-state index contributed by atoms with van der Waals surface area (Å²) in [7, 11) is 0. The van der Waals surface area contributed by atoms with Crippen LogP contribution < -0.4 is 0 Å². The van der Waals surface area contributed by atoms with Gasteiger partial charge in [0.1, 0.15) is 0 Å². The van der Waals surface area contributed by atoms with Gasteiger partial charge in [-0.1, -0.05) is 56.2 Å². The quantitative estimate of drug-likeness (QED) is 0.515. The van der Waals surface area contributed by atoms with E-state index in [-0.39, 0.29) is 6.10 Å². The van der Waals surface area contributed by atoms with Gasteiger partial charge in [-0.3, -0.25) is 0 Å². The number of benzene rings is 1. The molecule has 1 atom stereocenters. The van der Waals surface area contributed by atoms with Gasteiger partial charge in [0.15, 0.2) is 0 Å². The van der Waals surface area contributed by atoms with Crippen LogP contribution in [0.25, 0.3) is 5.57 Å². The van der Waals surface area contributed by atoms with Crippen LogP contribution in [0.15, 0.2) is 48.6 Å². The standard InChI is InChI=1S/C18H26O/c1-4-6-8-14-17(15(3)19)18(11-5-2)16-12-9-7-10-13-16/h5,7,9-10,12-13,15,19H,2,4,6,8,11,14H2,1,3H3/b18-17+. The van der Waals surface area contributed by atoms with Gasteiger partial charge in [0.05, 0.1) is 6.10 Å². The molecule has 0 saturated carbocycles. The molecule has 0 heterocycles. The first-order valence-corrected chi connectivity index (χ1v) is 7.27. The summed E-state index contributed by atoms with van der Waals surface area (Å²) in [5.41, 5.74) is 3.61. The molecule has 0 radical (unpaired) electrons. The van der Waals surface area contributed by atoms with Crippen molar-refractivity contribution >= 4 is 5.57 Å². The number of hydrogen-bond donors (Lipinski definition) is 1. The van der Waals surface area contributed by atoms with E-state index in [2.05, 4.69) is 25.6 Å². The van der Waals surface area contributed by atoms with Crippen LogP contribution >= 0.6 is 0 Å². The Labute approximate surface area is 117 Å². The Morgan fingerprint density at radius 3 is 2.47 bits per heavy atom. The molecule has 1 aromatic carbocycles. The van der Waals surface area contributed by atoms with Gasteiger partial charge >= 0.3 is 0 Å². The minimum absolute atomic E-state index is 0.382. The lowest BCUT2D eigenvalue weighted by Crippen LogP contribution is -2.08. The van der Waals surface area contributed by atoms with Crippen LogP contribution in [0.4, 0.5) is 0 Å². The van der Waals surface area contributed by atoms with E-state index >= 15 is 0 Å². The van der Waals surface area contributed by atoms with Crippen molar-refractivity contribution < 1.29 is 5.11 Å². The smallest absolute Gasteiger partial charge is 0.0727 e. The Balaban J connectivity index is 3.06. The van der Waals surface area contributed by atoms with Crippen molar-refractivity contribution in [2.45, 2.75) is 52.1 Å². The molecule has 19 heavy (non-hydrogen) atoms. The maximum Gasteiger partial charge on any atom is 0.0727 e. The molecule has 1 unspecified atom stereocenters. The lowest BCUT2D eigenvalue weighted by molar-refractivity contribution is 0.226. The predicted octanol–water partition coefficient (Wildman–Crippen LogP) is 4.98. The minimum atomic E-state index is -0.382. The Hall–Kier alpha value is -1.34. The van der Waals surface area contributed by atoms with Crippen LogP contribution in [0.3, 0.4) is 0 Å². The fourth-order valence-electron chi connectivity index (χ4n) is 2.40. The summed E-state index contributed by atoms with van der Waals surface area (Å²) in [6, 6.07) is 10.3. The molecule has 104 valence electrons. The number of aliphatic hydroxyl groups is 1. The number of rotatable bonds is 8. The Morgan fingerprint density at radius 1 is 1.26 bits per heavy atom. The Bertz CT molecular complexity index is 401. The van der Waals surface area contributed by atoms with E-state index in [0.29, 0.717) is 0 Å². The molecule has 1 nitrogen and oxygen atoms in total. The van der Waals surface area contributed by atoms with Crippen molar-refractivity contribution in [1.29, 1.82) is 0 Å². The zero-order chi connectivity index (χ0) is 14.1. The van der Waals surface area contributed by atoms with Crippen LogP contribution in [0.2, 0.25) is 0 Å². The maximum absolute atomic E-state index is 10.1. The third-order valence-electron chi connectivity index (χ3n) is 3.41. The number of aliphatic hydroxyl groups excluding tert-OH is 1. The Kier molecular flexibility index (Phi) is 7.20. The molecule has 1 N–H and O–H groups in total. The number of allylic oxidation sites excluding steroid dienone is 2. The van der Waals surface area contributed by atoms with Gasteiger partial charge in [0.2, 0.25) is 0 Å². The normalized spacial score (nSPS) is 13.8. The molecule has 0 aliphatic carbocycles. The number of unbranched alkanes of at least 4 members (excludes halogenated alkanes) is 2. The van der Waals surface area contributed by atoms with Gasteiger partial charge in [-0.15, -0.1) is 6.58 Å². The first kappa shape index (κ1) is 15.7. The van der Waals surface area contributed by atoms with Crippen molar-refractivity contribution in [2.24, 2.45) is 0 Å². The third-order valence-corrected chi connectivity index (χ3v) is 3.41. The molecule has 0 bridgehead atoms. The highest BCUT2D eigenvalue weighted by Gasteiger charge is 2.12. The largest absolute Gasteiger partial charge is 0.389 e. The van der Waals surface area contributed by atoms with E-state index < -0.39 is 0 Å². The van der Waals surface area contributed by atoms with E-state index in [1.165, 1.54) is 29.6 Å². The molecule has 1 rings (SSSR count). The zero-order valence-electron chi connectivity index (χ0n) is 12.2. The van der Waals surface area contributed by atoms with Gasteiger partial charge in [-0.25, -0.2) is 0 Å². The van der Waals surface area contributed by atoms with Gasteiger partial charge in [0.25, 0.3) is 0 Å². The molecular formula is C18H26O. The highest BCUT2D eigenvalue weighted by Crippen LogP contribution is 2.28. The zero-order valence-corrected chi connectivity index (χ0v) is 12.2. The van der Waals surface area contributed by atoms with E-state index in [1.54, 1.807) is 0 Å². The van der Waals surface area contributed by atoms with Crippen molar-refractivity contribution in [3.8, 4) is 0 Å². The van der Waals surface area contributed by atoms with E-state index in [0.717, 1.165) is 19.3 Å². The van der Waals surface area contributed by atoms with Gasteiger partial charge in [-0.2, -0.15) is 0 Å². The minimum Gasteiger partial charge on any atom is -0.389 e. The summed E-state index contributed by atoms with van der Waals surface area (Å²) >= 11 is 0. The SMILES string of the molecule is C=CC/C(=C(/CCCCC)C(C)O)c1ccccc1. The second-order valence-corrected chi connectivity index (χ2v) is 5.00. The summed E-state index contributed by atoms with van der Waals surface area (Å²) in [5, 5.41) is 10.1. The molecule has 0 spiro atoms. The number of hydrogen-bond acceptors (Lipinski definition) is 1. The Morgan fingerprint density at radius 2 is 1.95 bits per heavy atom. The molecule has 0 aromatic heterocycles. The van der Waals surface area contributed by atoms with E-state index in [4.69, 9.17) is 0 Å². The summed E-state index contributed by atoms with van der Waals surface area (Å²) < 4.78 is 0. The second kappa shape index (κ2) is 8.71. The summed E-state index contributed by atoms with van der Waals surface area (Å²) in [6.45, 7) is 7.92. The topological polar surface area (TPSA) is 20.2 Å². The fourth-order valence-corrected chi connectivity index (χ4v) is 2.40. The van der Waals surface area contributed by atoms with Gasteiger partial charge in [0, 0.05) is 0 Å². The van der Waals surface area contributed by atoms with E-state index in [1.807, 2.05) is 31.2 Å². The molecule has 0 aliphatic heterocycles. The molecule has 0 fully saturated rings. The highest BCUT2D eigenvalue weighted by atomic mass is 16.3.